The van der Waals surface area contributed by atoms with E-state index in [0.29, 0.717) is 11.1 Å². The van der Waals surface area contributed by atoms with Gasteiger partial charge in [0.1, 0.15) is 5.82 Å². The first-order chi connectivity index (χ1) is 14.5. The second kappa shape index (κ2) is 9.15. The number of nitrogens with zero attached hydrogens (tertiary/aromatic N) is 3. The highest BCUT2D eigenvalue weighted by atomic mass is 19.1. The van der Waals surface area contributed by atoms with Gasteiger partial charge in [-0.2, -0.15) is 5.26 Å². The van der Waals surface area contributed by atoms with E-state index in [1.807, 2.05) is 6.07 Å². The number of rotatable bonds is 5. The lowest BCUT2D eigenvalue weighted by Crippen LogP contribution is -2.54. The van der Waals surface area contributed by atoms with Gasteiger partial charge in [0.2, 0.25) is 0 Å². The van der Waals surface area contributed by atoms with Crippen LogP contribution in [0, 0.1) is 17.1 Å². The summed E-state index contributed by atoms with van der Waals surface area (Å²) < 4.78 is 13.2. The Kier molecular flexibility index (Phi) is 6.39. The Hall–Kier alpha value is -3.77. The average Bonchev–Trinajstić information content (AvgIpc) is 3.22. The Bertz CT molecular complexity index is 985. The molecule has 1 heterocycles. The minimum Gasteiger partial charge on any atom is -0.351 e. The number of nitrogens with two attached hydrogens (primary N) is 1. The summed E-state index contributed by atoms with van der Waals surface area (Å²) in [4.78, 5) is 41.4. The van der Waals surface area contributed by atoms with Gasteiger partial charge in [-0.05, 0) is 48.5 Å². The van der Waals surface area contributed by atoms with E-state index >= 15 is 0 Å². The number of carbonyl (C=O) groups is 3. The summed E-state index contributed by atoms with van der Waals surface area (Å²) in [5, 5.41) is 11.5. The number of halogens is 1. The Morgan fingerprint density at radius 2 is 1.50 bits per heavy atom. The highest BCUT2D eigenvalue weighted by Crippen LogP contribution is 2.21. The number of hydrogen-bond donors (Lipinski definition) is 2. The van der Waals surface area contributed by atoms with Crippen molar-refractivity contribution in [3.8, 4) is 6.07 Å². The van der Waals surface area contributed by atoms with E-state index in [9.17, 15) is 18.8 Å². The average molecular weight is 409 g/mol. The number of nitrogens with one attached hydrogen (secondary N) is 1. The summed E-state index contributed by atoms with van der Waals surface area (Å²) in [6, 6.07) is 13.0. The molecular weight excluding hydrogens is 389 g/mol. The predicted octanol–water partition coefficient (Wildman–Crippen LogP) is 0.697. The molecule has 9 heteroatoms. The van der Waals surface area contributed by atoms with Crippen LogP contribution < -0.4 is 11.1 Å². The van der Waals surface area contributed by atoms with Gasteiger partial charge in [-0.1, -0.05) is 0 Å². The lowest BCUT2D eigenvalue weighted by Gasteiger charge is -2.29. The Morgan fingerprint density at radius 3 is 1.97 bits per heavy atom. The SMILES string of the molecule is N#Cc1ccc(C(=O)N2CCN(C(=O)c3ccc(F)cc3)C2C(=O)NCCN)cc1. The summed E-state index contributed by atoms with van der Waals surface area (Å²) >= 11 is 0. The topological polar surface area (TPSA) is 120 Å². The molecule has 1 saturated heterocycles. The molecule has 2 aromatic rings. The molecule has 0 aliphatic carbocycles. The molecule has 1 aliphatic heterocycles. The summed E-state index contributed by atoms with van der Waals surface area (Å²) in [5.74, 6) is -1.95. The van der Waals surface area contributed by atoms with E-state index in [4.69, 9.17) is 11.0 Å². The standard InChI is InChI=1S/C21H20FN5O3/c22-17-7-5-16(6-8-17)21(30)27-12-11-26(19(27)18(28)25-10-9-23)20(29)15-3-1-14(13-24)2-4-15/h1-8,19H,9-12,23H2,(H,25,28). The van der Waals surface area contributed by atoms with Crippen LogP contribution in [0.5, 0.6) is 0 Å². The molecule has 1 aliphatic rings. The second-order valence-corrected chi connectivity index (χ2v) is 6.65. The lowest BCUT2D eigenvalue weighted by atomic mass is 10.1. The third kappa shape index (κ3) is 4.29. The van der Waals surface area contributed by atoms with Gasteiger partial charge >= 0.3 is 0 Å². The van der Waals surface area contributed by atoms with Gasteiger partial charge in [0.15, 0.2) is 6.17 Å². The van der Waals surface area contributed by atoms with Crippen LogP contribution in [0.15, 0.2) is 48.5 Å². The molecule has 3 amide bonds. The zero-order valence-corrected chi connectivity index (χ0v) is 16.0. The monoisotopic (exact) mass is 409 g/mol. The van der Waals surface area contributed by atoms with Crippen molar-refractivity contribution in [3.05, 3.63) is 71.0 Å². The predicted molar refractivity (Wildman–Crippen MR) is 105 cm³/mol. The van der Waals surface area contributed by atoms with Gasteiger partial charge in [-0.15, -0.1) is 0 Å². The number of hydrogen-bond acceptors (Lipinski definition) is 5. The summed E-state index contributed by atoms with van der Waals surface area (Å²) in [7, 11) is 0. The van der Waals surface area contributed by atoms with Crippen molar-refractivity contribution < 1.29 is 18.8 Å². The van der Waals surface area contributed by atoms with Gasteiger partial charge in [0.05, 0.1) is 11.6 Å². The van der Waals surface area contributed by atoms with Crippen molar-refractivity contribution in [2.75, 3.05) is 26.2 Å². The van der Waals surface area contributed by atoms with E-state index < -0.39 is 29.7 Å². The zero-order chi connectivity index (χ0) is 21.7. The molecule has 30 heavy (non-hydrogen) atoms. The molecule has 0 bridgehead atoms. The van der Waals surface area contributed by atoms with Crippen LogP contribution in [0.3, 0.4) is 0 Å². The molecule has 0 aromatic heterocycles. The number of carbonyl (C=O) groups excluding carboxylic acids is 3. The molecule has 1 atom stereocenters. The van der Waals surface area contributed by atoms with Gasteiger partial charge in [-0.25, -0.2) is 4.39 Å². The second-order valence-electron chi connectivity index (χ2n) is 6.65. The Balaban J connectivity index is 1.89. The molecule has 0 radical (unpaired) electrons. The maximum Gasteiger partial charge on any atom is 0.263 e. The first kappa shape index (κ1) is 21.0. The van der Waals surface area contributed by atoms with E-state index in [1.165, 1.54) is 46.2 Å². The molecule has 1 unspecified atom stereocenters. The summed E-state index contributed by atoms with van der Waals surface area (Å²) in [6.07, 6.45) is -1.17. The first-order valence-corrected chi connectivity index (χ1v) is 9.31. The van der Waals surface area contributed by atoms with Crippen molar-refractivity contribution in [3.63, 3.8) is 0 Å². The molecule has 0 spiro atoms. The van der Waals surface area contributed by atoms with Crippen LogP contribution in [0.1, 0.15) is 26.3 Å². The summed E-state index contributed by atoms with van der Waals surface area (Å²) in [5.41, 5.74) is 6.35. The van der Waals surface area contributed by atoms with Crippen LogP contribution in [-0.4, -0.2) is 59.9 Å². The van der Waals surface area contributed by atoms with E-state index in [0.717, 1.165) is 12.1 Å². The molecule has 154 valence electrons. The largest absolute Gasteiger partial charge is 0.351 e. The van der Waals surface area contributed by atoms with Crippen molar-refractivity contribution in [2.24, 2.45) is 5.73 Å². The third-order valence-corrected chi connectivity index (χ3v) is 4.72. The fourth-order valence-electron chi connectivity index (χ4n) is 3.23. The molecule has 3 rings (SSSR count). The van der Waals surface area contributed by atoms with Crippen LogP contribution in [0.2, 0.25) is 0 Å². The van der Waals surface area contributed by atoms with E-state index in [-0.39, 0.29) is 31.7 Å². The third-order valence-electron chi connectivity index (χ3n) is 4.72. The van der Waals surface area contributed by atoms with Crippen molar-refractivity contribution in [1.29, 1.82) is 5.26 Å². The molecule has 1 fully saturated rings. The number of benzene rings is 2. The van der Waals surface area contributed by atoms with Gasteiger partial charge in [-0.3, -0.25) is 14.4 Å². The van der Waals surface area contributed by atoms with Crippen LogP contribution in [0.25, 0.3) is 0 Å². The molecule has 8 nitrogen and oxygen atoms in total. The smallest absolute Gasteiger partial charge is 0.263 e. The van der Waals surface area contributed by atoms with Crippen LogP contribution in [0.4, 0.5) is 4.39 Å². The minimum atomic E-state index is -1.17. The maximum atomic E-state index is 13.2. The fraction of sp³-hybridized carbons (Fsp3) is 0.238. The van der Waals surface area contributed by atoms with E-state index in [2.05, 4.69) is 5.32 Å². The van der Waals surface area contributed by atoms with Gasteiger partial charge in [0, 0.05) is 37.3 Å². The zero-order valence-electron chi connectivity index (χ0n) is 16.0. The van der Waals surface area contributed by atoms with Crippen LogP contribution in [-0.2, 0) is 4.79 Å². The number of nitriles is 1. The normalized spacial score (nSPS) is 15.6. The highest BCUT2D eigenvalue weighted by Gasteiger charge is 2.43. The lowest BCUT2D eigenvalue weighted by molar-refractivity contribution is -0.128. The van der Waals surface area contributed by atoms with Crippen LogP contribution >= 0.6 is 0 Å². The van der Waals surface area contributed by atoms with Gasteiger partial charge in [0.25, 0.3) is 17.7 Å². The maximum absolute atomic E-state index is 13.2. The highest BCUT2D eigenvalue weighted by molar-refractivity contribution is 6.02. The fourth-order valence-corrected chi connectivity index (χ4v) is 3.23. The molecule has 2 aromatic carbocycles. The van der Waals surface area contributed by atoms with Crippen molar-refractivity contribution in [1.82, 2.24) is 15.1 Å². The molecular formula is C21H20FN5O3. The van der Waals surface area contributed by atoms with Crippen molar-refractivity contribution >= 4 is 17.7 Å². The molecule has 0 saturated carbocycles. The van der Waals surface area contributed by atoms with Gasteiger partial charge < -0.3 is 20.9 Å². The Labute approximate surface area is 172 Å². The molecule has 3 N–H and O–H groups in total. The van der Waals surface area contributed by atoms with Crippen molar-refractivity contribution in [2.45, 2.75) is 6.17 Å². The quantitative estimate of drug-likeness (QED) is 0.753. The summed E-state index contributed by atoms with van der Waals surface area (Å²) in [6.45, 7) is 0.673. The van der Waals surface area contributed by atoms with E-state index in [1.54, 1.807) is 0 Å². The number of amides is 3. The first-order valence-electron chi connectivity index (χ1n) is 9.31. The minimum absolute atomic E-state index is 0.138. The Morgan fingerprint density at radius 1 is 1.00 bits per heavy atom.